The number of benzene rings is 2. The molecule has 36 heavy (non-hydrogen) atoms. The predicted octanol–water partition coefficient (Wildman–Crippen LogP) is 7.21. The summed E-state index contributed by atoms with van der Waals surface area (Å²) < 4.78 is 92.3. The van der Waals surface area contributed by atoms with E-state index < -0.39 is 48.5 Å². The minimum atomic E-state index is -4.87. The Morgan fingerprint density at radius 1 is 1.03 bits per heavy atom. The second-order valence-corrected chi connectivity index (χ2v) is 9.10. The van der Waals surface area contributed by atoms with Crippen LogP contribution in [0.4, 0.5) is 30.7 Å². The van der Waals surface area contributed by atoms with Gasteiger partial charge >= 0.3 is 12.4 Å². The first-order chi connectivity index (χ1) is 16.5. The lowest BCUT2D eigenvalue weighted by atomic mass is 9.96. The molecule has 0 fully saturated rings. The van der Waals surface area contributed by atoms with Crippen LogP contribution in [0.1, 0.15) is 34.3 Å². The average molecular weight is 624 g/mol. The van der Waals surface area contributed by atoms with Crippen molar-refractivity contribution in [1.82, 2.24) is 10.6 Å². The summed E-state index contributed by atoms with van der Waals surface area (Å²) in [5, 5.41) is 3.67. The molecule has 2 aromatic carbocycles. The Morgan fingerprint density at radius 2 is 1.67 bits per heavy atom. The predicted molar refractivity (Wildman–Crippen MR) is 124 cm³/mol. The molecule has 0 saturated carbocycles. The topological polar surface area (TPSA) is 58.2 Å². The van der Waals surface area contributed by atoms with Gasteiger partial charge in [-0.2, -0.15) is 26.3 Å². The monoisotopic (exact) mass is 622 g/mol. The zero-order chi connectivity index (χ0) is 27.4. The van der Waals surface area contributed by atoms with Gasteiger partial charge in [0.2, 0.25) is 5.91 Å². The fourth-order valence-electron chi connectivity index (χ4n) is 2.86. The third kappa shape index (κ3) is 8.38. The molecule has 0 aromatic heterocycles. The van der Waals surface area contributed by atoms with Crippen LogP contribution >= 0.6 is 39.1 Å². The molecule has 0 radical (unpaired) electrons. The van der Waals surface area contributed by atoms with Crippen LogP contribution in [0.2, 0.25) is 10.0 Å². The average Bonchev–Trinajstić information content (AvgIpc) is 2.76. The molecule has 14 heteroatoms. The zero-order valence-electron chi connectivity index (χ0n) is 18.0. The van der Waals surface area contributed by atoms with E-state index in [0.717, 1.165) is 43.3 Å². The molecule has 0 bridgehead atoms. The van der Waals surface area contributed by atoms with Crippen molar-refractivity contribution in [1.29, 1.82) is 0 Å². The van der Waals surface area contributed by atoms with Gasteiger partial charge in [0.15, 0.2) is 0 Å². The molecule has 0 heterocycles. The van der Waals surface area contributed by atoms with Crippen molar-refractivity contribution in [2.45, 2.75) is 31.2 Å². The minimum Gasteiger partial charge on any atom is -0.345 e. The SMILES string of the molecule is C[C@@H](NC(=O)c1ccc(/C(F)=C/C(c2ccc(Cl)c(Cl)c2)C(F)(F)F)cc1Br)C(=O)NCC(F)(F)F. The molecular formula is C22H16BrCl2F7N2O2. The third-order valence-corrected chi connectivity index (χ3v) is 6.06. The van der Waals surface area contributed by atoms with E-state index in [9.17, 15) is 40.3 Å². The van der Waals surface area contributed by atoms with E-state index in [1.54, 1.807) is 5.32 Å². The Bertz CT molecular complexity index is 1170. The molecule has 196 valence electrons. The number of hydrogen-bond donors (Lipinski definition) is 2. The Kier molecular flexibility index (Phi) is 9.83. The lowest BCUT2D eigenvalue weighted by Crippen LogP contribution is -2.47. The molecule has 2 aromatic rings. The van der Waals surface area contributed by atoms with Gasteiger partial charge in [-0.05, 0) is 58.8 Å². The van der Waals surface area contributed by atoms with Gasteiger partial charge in [-0.3, -0.25) is 9.59 Å². The van der Waals surface area contributed by atoms with Gasteiger partial charge < -0.3 is 10.6 Å². The van der Waals surface area contributed by atoms with Crippen LogP contribution in [0.5, 0.6) is 0 Å². The summed E-state index contributed by atoms with van der Waals surface area (Å²) in [6, 6.07) is 4.98. The molecule has 0 aliphatic carbocycles. The maximum atomic E-state index is 14.8. The van der Waals surface area contributed by atoms with Crippen LogP contribution < -0.4 is 10.6 Å². The van der Waals surface area contributed by atoms with E-state index >= 15 is 0 Å². The molecule has 1 unspecified atom stereocenters. The van der Waals surface area contributed by atoms with Crippen LogP contribution in [-0.4, -0.2) is 36.8 Å². The van der Waals surface area contributed by atoms with E-state index in [4.69, 9.17) is 23.2 Å². The number of hydrogen-bond acceptors (Lipinski definition) is 2. The second kappa shape index (κ2) is 11.8. The zero-order valence-corrected chi connectivity index (χ0v) is 21.1. The molecule has 0 aliphatic heterocycles. The third-order valence-electron chi connectivity index (χ3n) is 4.66. The number of alkyl halides is 6. The summed E-state index contributed by atoms with van der Waals surface area (Å²) in [6.45, 7) is -0.439. The fourth-order valence-corrected chi connectivity index (χ4v) is 3.72. The van der Waals surface area contributed by atoms with Crippen LogP contribution in [-0.2, 0) is 4.79 Å². The Balaban J connectivity index is 2.23. The first-order valence-corrected chi connectivity index (χ1v) is 11.4. The Hall–Kier alpha value is -2.31. The Morgan fingerprint density at radius 3 is 2.19 bits per heavy atom. The number of rotatable bonds is 7. The minimum absolute atomic E-state index is 0.0238. The normalized spacial score (nSPS) is 14.2. The van der Waals surface area contributed by atoms with Crippen molar-refractivity contribution in [3.8, 4) is 0 Å². The summed E-state index contributed by atoms with van der Waals surface area (Å²) in [4.78, 5) is 24.1. The molecule has 2 N–H and O–H groups in total. The first-order valence-electron chi connectivity index (χ1n) is 9.84. The highest BCUT2D eigenvalue weighted by molar-refractivity contribution is 9.10. The van der Waals surface area contributed by atoms with E-state index in [2.05, 4.69) is 21.2 Å². The fraction of sp³-hybridized carbons (Fsp3) is 0.273. The molecule has 0 aliphatic rings. The molecule has 4 nitrogen and oxygen atoms in total. The standard InChI is InChI=1S/C22H16BrCl2F7N2O2/c1-10(19(35)33-9-21(27,28)29)34-20(36)13-4-2-12(6-15(13)23)18(26)8-14(22(30,31)32)11-3-5-16(24)17(25)7-11/h2-8,10,14H,9H2,1H3,(H,33,35)(H,34,36)/b18-8-/t10-,14?/m1/s1. The highest BCUT2D eigenvalue weighted by atomic mass is 79.9. The van der Waals surface area contributed by atoms with E-state index in [1.807, 2.05) is 0 Å². The molecule has 2 atom stereocenters. The van der Waals surface area contributed by atoms with Crippen molar-refractivity contribution in [3.63, 3.8) is 0 Å². The summed E-state index contributed by atoms with van der Waals surface area (Å²) in [5.41, 5.74) is -0.789. The summed E-state index contributed by atoms with van der Waals surface area (Å²) in [7, 11) is 0. The number of amides is 2. The largest absolute Gasteiger partial charge is 0.405 e. The van der Waals surface area contributed by atoms with Crippen molar-refractivity contribution in [2.24, 2.45) is 0 Å². The van der Waals surface area contributed by atoms with E-state index in [0.29, 0.717) is 6.08 Å². The molecule has 0 saturated heterocycles. The first kappa shape index (κ1) is 29.9. The summed E-state index contributed by atoms with van der Waals surface area (Å²) >= 11 is 14.5. The second-order valence-electron chi connectivity index (χ2n) is 7.43. The number of allylic oxidation sites excluding steroid dienone is 1. The van der Waals surface area contributed by atoms with Gasteiger partial charge in [-0.1, -0.05) is 35.3 Å². The molecular weight excluding hydrogens is 608 g/mol. The maximum absolute atomic E-state index is 14.8. The molecule has 0 spiro atoms. The van der Waals surface area contributed by atoms with Crippen molar-refractivity contribution in [3.05, 3.63) is 73.7 Å². The maximum Gasteiger partial charge on any atom is 0.405 e. The van der Waals surface area contributed by atoms with Crippen molar-refractivity contribution < 1.29 is 40.3 Å². The number of carbonyl (C=O) groups excluding carboxylic acids is 2. The number of nitrogens with one attached hydrogen (secondary N) is 2. The van der Waals surface area contributed by atoms with Crippen LogP contribution in [0.3, 0.4) is 0 Å². The highest BCUT2D eigenvalue weighted by Gasteiger charge is 2.40. The highest BCUT2D eigenvalue weighted by Crippen LogP contribution is 2.40. The molecule has 2 amide bonds. The van der Waals surface area contributed by atoms with Crippen molar-refractivity contribution in [2.75, 3.05) is 6.54 Å². The lowest BCUT2D eigenvalue weighted by molar-refractivity contribution is -0.139. The van der Waals surface area contributed by atoms with Gasteiger partial charge in [-0.15, -0.1) is 0 Å². The van der Waals surface area contributed by atoms with Crippen LogP contribution in [0.25, 0.3) is 5.83 Å². The van der Waals surface area contributed by atoms with Crippen LogP contribution in [0, 0.1) is 0 Å². The van der Waals surface area contributed by atoms with Crippen LogP contribution in [0.15, 0.2) is 46.9 Å². The summed E-state index contributed by atoms with van der Waals surface area (Å²) in [5.74, 6) is -5.60. The number of halogens is 10. The Labute approximate surface area is 219 Å². The van der Waals surface area contributed by atoms with Crippen molar-refractivity contribution >= 4 is 56.8 Å². The number of carbonyl (C=O) groups is 2. The van der Waals surface area contributed by atoms with Gasteiger partial charge in [0.1, 0.15) is 24.3 Å². The smallest absolute Gasteiger partial charge is 0.345 e. The van der Waals surface area contributed by atoms with E-state index in [1.165, 1.54) is 0 Å². The lowest BCUT2D eigenvalue weighted by Gasteiger charge is -2.18. The molecule has 2 rings (SSSR count). The van der Waals surface area contributed by atoms with E-state index in [-0.39, 0.29) is 31.2 Å². The van der Waals surface area contributed by atoms with Gasteiger partial charge in [0.05, 0.1) is 15.6 Å². The van der Waals surface area contributed by atoms with Gasteiger partial charge in [-0.25, -0.2) is 4.39 Å². The quantitative estimate of drug-likeness (QED) is 0.320. The summed E-state index contributed by atoms with van der Waals surface area (Å²) in [6.07, 6.45) is -9.16. The van der Waals surface area contributed by atoms with Gasteiger partial charge in [0.25, 0.3) is 5.91 Å². The van der Waals surface area contributed by atoms with Gasteiger partial charge in [0, 0.05) is 10.0 Å².